The van der Waals surface area contributed by atoms with E-state index in [4.69, 9.17) is 19.3 Å². The molecule has 176 valence electrons. The van der Waals surface area contributed by atoms with Crippen LogP contribution in [0.5, 0.6) is 17.2 Å². The Kier molecular flexibility index (Phi) is 7.98. The van der Waals surface area contributed by atoms with E-state index in [0.29, 0.717) is 49.2 Å². The van der Waals surface area contributed by atoms with Gasteiger partial charge in [0.1, 0.15) is 0 Å². The zero-order chi connectivity index (χ0) is 24.0. The fraction of sp³-hybridized carbons (Fsp3) is 0.385. The molecule has 0 aliphatic heterocycles. The van der Waals surface area contributed by atoms with Gasteiger partial charge in [0.25, 0.3) is 5.91 Å². The number of amides is 1. The number of rotatable bonds is 10. The number of carbonyl (C=O) groups excluding carboxylic acids is 1. The van der Waals surface area contributed by atoms with Crippen LogP contribution in [0.1, 0.15) is 48.1 Å². The lowest BCUT2D eigenvalue weighted by Gasteiger charge is -2.21. The molecule has 1 heterocycles. The van der Waals surface area contributed by atoms with Crippen molar-refractivity contribution in [2.24, 2.45) is 0 Å². The van der Waals surface area contributed by atoms with Crippen LogP contribution in [0.25, 0.3) is 5.69 Å². The highest BCUT2D eigenvalue weighted by atomic mass is 16.5. The third-order valence-electron chi connectivity index (χ3n) is 5.34. The Morgan fingerprint density at radius 1 is 0.939 bits per heavy atom. The summed E-state index contributed by atoms with van der Waals surface area (Å²) >= 11 is 0. The van der Waals surface area contributed by atoms with Crippen molar-refractivity contribution >= 4 is 5.91 Å². The van der Waals surface area contributed by atoms with Gasteiger partial charge in [0.05, 0.1) is 31.2 Å². The van der Waals surface area contributed by atoms with Crippen molar-refractivity contribution in [3.05, 3.63) is 65.0 Å². The Morgan fingerprint density at radius 2 is 1.52 bits per heavy atom. The number of aryl methyl sites for hydroxylation is 1. The van der Waals surface area contributed by atoms with Gasteiger partial charge in [0.15, 0.2) is 11.5 Å². The van der Waals surface area contributed by atoms with E-state index in [2.05, 4.69) is 0 Å². The molecule has 2 aromatic carbocycles. The largest absolute Gasteiger partial charge is 0.490 e. The summed E-state index contributed by atoms with van der Waals surface area (Å²) in [5, 5.41) is 4.70. The third kappa shape index (κ3) is 5.30. The van der Waals surface area contributed by atoms with Crippen LogP contribution in [-0.4, -0.2) is 47.5 Å². The molecule has 0 aliphatic rings. The lowest BCUT2D eigenvalue weighted by molar-refractivity contribution is 0.0783. The van der Waals surface area contributed by atoms with Crippen molar-refractivity contribution in [1.29, 1.82) is 0 Å². The van der Waals surface area contributed by atoms with Crippen LogP contribution in [0.2, 0.25) is 0 Å². The summed E-state index contributed by atoms with van der Waals surface area (Å²) in [7, 11) is 1.79. The molecule has 1 aromatic heterocycles. The summed E-state index contributed by atoms with van der Waals surface area (Å²) in [6, 6.07) is 13.4. The Bertz CT molecular complexity index is 1070. The maximum atomic E-state index is 13.4. The molecule has 3 rings (SSSR count). The number of para-hydroxylation sites is 1. The van der Waals surface area contributed by atoms with Crippen molar-refractivity contribution in [2.75, 3.05) is 26.9 Å². The molecular formula is C26H33N3O4. The van der Waals surface area contributed by atoms with Crippen molar-refractivity contribution < 1.29 is 19.0 Å². The van der Waals surface area contributed by atoms with Crippen molar-refractivity contribution in [2.45, 2.75) is 41.2 Å². The maximum absolute atomic E-state index is 13.4. The highest BCUT2D eigenvalue weighted by Crippen LogP contribution is 2.39. The second kappa shape index (κ2) is 10.9. The van der Waals surface area contributed by atoms with E-state index in [1.165, 1.54) is 0 Å². The van der Waals surface area contributed by atoms with Gasteiger partial charge >= 0.3 is 0 Å². The summed E-state index contributed by atoms with van der Waals surface area (Å²) in [5.74, 6) is 1.40. The normalized spacial score (nSPS) is 10.7. The van der Waals surface area contributed by atoms with Crippen LogP contribution in [-0.2, 0) is 6.54 Å². The zero-order valence-electron chi connectivity index (χ0n) is 20.3. The van der Waals surface area contributed by atoms with Crippen LogP contribution >= 0.6 is 0 Å². The van der Waals surface area contributed by atoms with Gasteiger partial charge in [-0.2, -0.15) is 5.10 Å². The quantitative estimate of drug-likeness (QED) is 0.436. The number of nitrogens with zero attached hydrogens (tertiary/aromatic N) is 3. The molecule has 3 aromatic rings. The Morgan fingerprint density at radius 3 is 2.06 bits per heavy atom. The average molecular weight is 452 g/mol. The van der Waals surface area contributed by atoms with Crippen LogP contribution in [0.3, 0.4) is 0 Å². The summed E-state index contributed by atoms with van der Waals surface area (Å²) < 4.78 is 19.2. The minimum Gasteiger partial charge on any atom is -0.490 e. The van der Waals surface area contributed by atoms with Crippen LogP contribution in [0, 0.1) is 13.8 Å². The Hall–Kier alpha value is -3.48. The predicted molar refractivity (Wildman–Crippen MR) is 129 cm³/mol. The molecule has 1 amide bonds. The molecule has 0 unspecified atom stereocenters. The molecule has 0 fully saturated rings. The summed E-state index contributed by atoms with van der Waals surface area (Å²) in [6.07, 6.45) is 0. The number of ether oxygens (including phenoxy) is 3. The first-order valence-electron chi connectivity index (χ1n) is 11.3. The van der Waals surface area contributed by atoms with Gasteiger partial charge in [-0.1, -0.05) is 18.2 Å². The molecule has 0 bridgehead atoms. The number of benzene rings is 2. The SMILES string of the molecule is CCOc1cc(C(=O)N(C)Cc2c(C)nn(-c3ccccc3)c2C)cc(OCC)c1OCC. The Balaban J connectivity index is 1.91. The first-order chi connectivity index (χ1) is 15.9. The fourth-order valence-electron chi connectivity index (χ4n) is 3.77. The van der Waals surface area contributed by atoms with Crippen LogP contribution in [0.4, 0.5) is 0 Å². The molecular weight excluding hydrogens is 418 g/mol. The lowest BCUT2D eigenvalue weighted by Crippen LogP contribution is -2.27. The van der Waals surface area contributed by atoms with E-state index in [9.17, 15) is 4.79 Å². The zero-order valence-corrected chi connectivity index (χ0v) is 20.3. The topological polar surface area (TPSA) is 65.8 Å². The molecule has 0 radical (unpaired) electrons. The van der Waals surface area contributed by atoms with E-state index in [0.717, 1.165) is 22.6 Å². The summed E-state index contributed by atoms with van der Waals surface area (Å²) in [5.41, 5.74) is 4.41. The van der Waals surface area contributed by atoms with Gasteiger partial charge in [0, 0.05) is 30.4 Å². The number of hydrogen-bond acceptors (Lipinski definition) is 5. The fourth-order valence-corrected chi connectivity index (χ4v) is 3.77. The van der Waals surface area contributed by atoms with E-state index >= 15 is 0 Å². The third-order valence-corrected chi connectivity index (χ3v) is 5.34. The van der Waals surface area contributed by atoms with E-state index in [1.807, 2.05) is 69.6 Å². The monoisotopic (exact) mass is 451 g/mol. The highest BCUT2D eigenvalue weighted by Gasteiger charge is 2.22. The second-order valence-corrected chi connectivity index (χ2v) is 7.66. The first kappa shape index (κ1) is 24.2. The molecule has 0 aliphatic carbocycles. The first-order valence-corrected chi connectivity index (χ1v) is 11.3. The van der Waals surface area contributed by atoms with Gasteiger partial charge in [-0.25, -0.2) is 4.68 Å². The van der Waals surface area contributed by atoms with Crippen molar-refractivity contribution in [3.63, 3.8) is 0 Å². The van der Waals surface area contributed by atoms with Gasteiger partial charge in [-0.15, -0.1) is 0 Å². The molecule has 0 spiro atoms. The second-order valence-electron chi connectivity index (χ2n) is 7.66. The van der Waals surface area contributed by atoms with Crippen molar-refractivity contribution in [3.8, 4) is 22.9 Å². The van der Waals surface area contributed by atoms with Crippen LogP contribution < -0.4 is 14.2 Å². The van der Waals surface area contributed by atoms with Crippen LogP contribution in [0.15, 0.2) is 42.5 Å². The number of hydrogen-bond donors (Lipinski definition) is 0. The minimum absolute atomic E-state index is 0.133. The predicted octanol–water partition coefficient (Wildman–Crippen LogP) is 4.96. The number of aromatic nitrogens is 2. The Labute approximate surface area is 195 Å². The molecule has 33 heavy (non-hydrogen) atoms. The van der Waals surface area contributed by atoms with Gasteiger partial charge in [-0.05, 0) is 58.9 Å². The molecule has 7 heteroatoms. The average Bonchev–Trinajstić information content (AvgIpc) is 3.09. The molecule has 0 saturated carbocycles. The van der Waals surface area contributed by atoms with E-state index in [1.54, 1.807) is 24.1 Å². The highest BCUT2D eigenvalue weighted by molar-refractivity contribution is 5.95. The maximum Gasteiger partial charge on any atom is 0.254 e. The number of carbonyl (C=O) groups is 1. The lowest BCUT2D eigenvalue weighted by atomic mass is 10.1. The van der Waals surface area contributed by atoms with Gasteiger partial charge in [0.2, 0.25) is 5.75 Å². The molecule has 0 N–H and O–H groups in total. The molecule has 0 atom stereocenters. The minimum atomic E-state index is -0.133. The van der Waals surface area contributed by atoms with E-state index < -0.39 is 0 Å². The van der Waals surface area contributed by atoms with Crippen molar-refractivity contribution in [1.82, 2.24) is 14.7 Å². The smallest absolute Gasteiger partial charge is 0.254 e. The molecule has 7 nitrogen and oxygen atoms in total. The van der Waals surface area contributed by atoms with E-state index in [-0.39, 0.29) is 5.91 Å². The standard InChI is InChI=1S/C26H33N3O4/c1-7-31-23-15-20(16-24(32-8-2)25(23)33-9-3)26(30)28(6)17-22-18(4)27-29(19(22)5)21-13-11-10-12-14-21/h10-16H,7-9,17H2,1-6H3. The molecule has 0 saturated heterocycles. The summed E-state index contributed by atoms with van der Waals surface area (Å²) in [4.78, 5) is 15.1. The summed E-state index contributed by atoms with van der Waals surface area (Å²) in [6.45, 7) is 11.5. The van der Waals surface area contributed by atoms with Gasteiger partial charge < -0.3 is 19.1 Å². The van der Waals surface area contributed by atoms with Gasteiger partial charge in [-0.3, -0.25) is 4.79 Å².